The fourth-order valence-electron chi connectivity index (χ4n) is 4.60. The van der Waals surface area contributed by atoms with Crippen LogP contribution >= 0.6 is 0 Å². The number of hydrogen-bond acceptors (Lipinski definition) is 8. The minimum absolute atomic E-state index is 0.0943. The number of fused-ring (bicyclic) bond motifs is 2. The zero-order valence-electron chi connectivity index (χ0n) is 17.2. The molecule has 0 spiro atoms. The van der Waals surface area contributed by atoms with Crippen molar-refractivity contribution in [3.63, 3.8) is 0 Å². The van der Waals surface area contributed by atoms with Crippen molar-refractivity contribution in [1.29, 1.82) is 0 Å². The molecule has 31 heavy (non-hydrogen) atoms. The molecule has 3 atom stereocenters. The van der Waals surface area contributed by atoms with Crippen LogP contribution < -0.4 is 20.3 Å². The second-order valence-electron chi connectivity index (χ2n) is 8.72. The summed E-state index contributed by atoms with van der Waals surface area (Å²) in [6.45, 7) is 1.40. The van der Waals surface area contributed by atoms with Crippen LogP contribution in [0, 0.1) is 0 Å². The molecule has 2 bridgehead atoms. The van der Waals surface area contributed by atoms with E-state index in [4.69, 9.17) is 15.5 Å². The Balaban J connectivity index is 1.55. The van der Waals surface area contributed by atoms with E-state index in [2.05, 4.69) is 14.6 Å². The lowest BCUT2D eigenvalue weighted by Gasteiger charge is -2.30. The Morgan fingerprint density at radius 3 is 2.74 bits per heavy atom. The van der Waals surface area contributed by atoms with Crippen molar-refractivity contribution in [3.05, 3.63) is 24.4 Å². The molecule has 5 rings (SSSR count). The van der Waals surface area contributed by atoms with Crippen LogP contribution in [0.2, 0.25) is 0 Å². The monoisotopic (exact) mass is 433 g/mol. The smallest absolute Gasteiger partial charge is 0.387 e. The van der Waals surface area contributed by atoms with Gasteiger partial charge < -0.3 is 30.1 Å². The fraction of sp³-hybridized carbons (Fsp3) is 0.524. The molecule has 0 aliphatic carbocycles. The van der Waals surface area contributed by atoms with E-state index in [1.54, 1.807) is 0 Å². The summed E-state index contributed by atoms with van der Waals surface area (Å²) in [7, 11) is 0. The number of alkyl halides is 2. The summed E-state index contributed by atoms with van der Waals surface area (Å²) in [4.78, 5) is 13.2. The zero-order chi connectivity index (χ0) is 21.8. The van der Waals surface area contributed by atoms with E-state index >= 15 is 0 Å². The van der Waals surface area contributed by atoms with Crippen LogP contribution in [0.4, 0.5) is 26.2 Å². The second kappa shape index (κ2) is 7.45. The number of β-amino-alcohol motifs (C(OH)–C–C–N with tert-alkyl or cyclic N) is 1. The molecule has 166 valence electrons. The van der Waals surface area contributed by atoms with Crippen LogP contribution in [-0.2, 0) is 4.74 Å². The van der Waals surface area contributed by atoms with Gasteiger partial charge in [0.15, 0.2) is 11.6 Å². The molecule has 3 fully saturated rings. The Morgan fingerprint density at radius 1 is 1.29 bits per heavy atom. The molecule has 2 aromatic rings. The summed E-state index contributed by atoms with van der Waals surface area (Å²) in [5.41, 5.74) is 6.29. The lowest BCUT2D eigenvalue weighted by atomic mass is 10.1. The van der Waals surface area contributed by atoms with Gasteiger partial charge in [-0.15, -0.1) is 0 Å². The van der Waals surface area contributed by atoms with Crippen molar-refractivity contribution in [2.45, 2.75) is 44.1 Å². The summed E-state index contributed by atoms with van der Waals surface area (Å²) >= 11 is 0. The number of ether oxygens (including phenoxy) is 2. The van der Waals surface area contributed by atoms with Crippen molar-refractivity contribution in [2.75, 3.05) is 41.8 Å². The third-order valence-electron chi connectivity index (χ3n) is 6.20. The van der Waals surface area contributed by atoms with Gasteiger partial charge in [-0.2, -0.15) is 8.78 Å². The van der Waals surface area contributed by atoms with E-state index in [1.165, 1.54) is 12.3 Å². The molecule has 3 saturated heterocycles. The first-order valence-electron chi connectivity index (χ1n) is 10.4. The molecule has 2 aromatic heterocycles. The van der Waals surface area contributed by atoms with Crippen molar-refractivity contribution < 1.29 is 23.4 Å². The normalized spacial score (nSPS) is 27.5. The first-order chi connectivity index (χ1) is 14.8. The first-order valence-corrected chi connectivity index (χ1v) is 10.4. The van der Waals surface area contributed by atoms with Gasteiger partial charge in [0, 0.05) is 31.4 Å². The van der Waals surface area contributed by atoms with Gasteiger partial charge in [0.25, 0.3) is 0 Å². The number of aliphatic hydroxyl groups is 1. The van der Waals surface area contributed by atoms with E-state index in [0.29, 0.717) is 31.7 Å². The number of morpholine rings is 1. The Bertz CT molecular complexity index is 989. The van der Waals surface area contributed by atoms with E-state index in [1.807, 2.05) is 24.0 Å². The van der Waals surface area contributed by atoms with Crippen molar-refractivity contribution in [1.82, 2.24) is 9.97 Å². The summed E-state index contributed by atoms with van der Waals surface area (Å²) in [5, 5.41) is 10.4. The molecule has 3 aliphatic rings. The van der Waals surface area contributed by atoms with E-state index in [0.717, 1.165) is 30.2 Å². The number of nitrogens with two attached hydrogens (primary N) is 1. The number of nitrogens with zero attached hydrogens (tertiary/aromatic N) is 4. The Kier molecular flexibility index (Phi) is 4.86. The third kappa shape index (κ3) is 3.97. The predicted molar refractivity (Wildman–Crippen MR) is 111 cm³/mol. The van der Waals surface area contributed by atoms with Crippen LogP contribution in [0.1, 0.15) is 19.8 Å². The Hall–Kier alpha value is -2.72. The van der Waals surface area contributed by atoms with Crippen molar-refractivity contribution in [2.24, 2.45) is 0 Å². The van der Waals surface area contributed by atoms with Crippen LogP contribution in [0.15, 0.2) is 24.4 Å². The molecule has 0 aromatic carbocycles. The summed E-state index contributed by atoms with van der Waals surface area (Å²) in [5.74, 6) is 1.26. The molecular formula is C21H25F2N5O3. The highest BCUT2D eigenvalue weighted by Crippen LogP contribution is 2.37. The molecular weight excluding hydrogens is 408 g/mol. The standard InChI is InChI=1S/C21H25F2N5O3/c1-21(29)2-3-27(11-21)17-5-12(13-4-16(31-20(22)23)19(24)25-8-13)6-18(26-17)28-9-15-7-14(28)10-30-15/h4-6,8,14-15,20,29H,2-3,7,9-11H2,1H3,(H2,24,25)/t14-,15-,21?/m0/s1. The Morgan fingerprint density at radius 2 is 2.10 bits per heavy atom. The maximum absolute atomic E-state index is 12.8. The number of halogens is 2. The third-order valence-corrected chi connectivity index (χ3v) is 6.20. The van der Waals surface area contributed by atoms with Gasteiger partial charge in [-0.1, -0.05) is 0 Å². The first kappa shape index (κ1) is 20.2. The molecule has 0 amide bonds. The summed E-state index contributed by atoms with van der Waals surface area (Å²) in [6, 6.07) is 5.55. The highest BCUT2D eigenvalue weighted by Gasteiger charge is 2.40. The highest BCUT2D eigenvalue weighted by molar-refractivity contribution is 5.73. The highest BCUT2D eigenvalue weighted by atomic mass is 19.3. The number of rotatable bonds is 5. The lowest BCUT2D eigenvalue weighted by molar-refractivity contribution is -0.0494. The molecule has 1 unspecified atom stereocenters. The molecule has 8 nitrogen and oxygen atoms in total. The number of hydrogen-bond donors (Lipinski definition) is 2. The van der Waals surface area contributed by atoms with Gasteiger partial charge in [0.1, 0.15) is 11.6 Å². The van der Waals surface area contributed by atoms with Gasteiger partial charge in [-0.25, -0.2) is 9.97 Å². The SMILES string of the molecule is CC1(O)CCN(c2cc(-c3cnc(N)c(OC(F)F)c3)cc(N3C[C@@H]4C[C@H]3CO4)n2)C1. The Labute approximate surface area is 178 Å². The topological polar surface area (TPSA) is 97.0 Å². The maximum atomic E-state index is 12.8. The fourth-order valence-corrected chi connectivity index (χ4v) is 4.60. The van der Waals surface area contributed by atoms with Crippen LogP contribution in [0.3, 0.4) is 0 Å². The number of nitrogen functional groups attached to an aromatic ring is 1. The molecule has 0 radical (unpaired) electrons. The van der Waals surface area contributed by atoms with E-state index in [-0.39, 0.29) is 23.7 Å². The number of aromatic nitrogens is 2. The van der Waals surface area contributed by atoms with Crippen LogP contribution in [0.25, 0.3) is 11.1 Å². The quantitative estimate of drug-likeness (QED) is 0.741. The van der Waals surface area contributed by atoms with E-state index < -0.39 is 12.2 Å². The molecule has 5 heterocycles. The van der Waals surface area contributed by atoms with Gasteiger partial charge in [-0.3, -0.25) is 0 Å². The van der Waals surface area contributed by atoms with Crippen molar-refractivity contribution in [3.8, 4) is 16.9 Å². The largest absolute Gasteiger partial charge is 0.431 e. The summed E-state index contributed by atoms with van der Waals surface area (Å²) < 4.78 is 35.8. The molecule has 3 aliphatic heterocycles. The van der Waals surface area contributed by atoms with E-state index in [9.17, 15) is 13.9 Å². The average Bonchev–Trinajstić information content (AvgIpc) is 3.44. The van der Waals surface area contributed by atoms with Gasteiger partial charge in [-0.05, 0) is 43.5 Å². The van der Waals surface area contributed by atoms with Crippen LogP contribution in [-0.4, -0.2) is 65.7 Å². The van der Waals surface area contributed by atoms with Gasteiger partial charge in [0.05, 0.1) is 24.4 Å². The molecule has 10 heteroatoms. The van der Waals surface area contributed by atoms with Crippen LogP contribution in [0.5, 0.6) is 5.75 Å². The van der Waals surface area contributed by atoms with Crippen molar-refractivity contribution >= 4 is 17.5 Å². The number of anilines is 3. The maximum Gasteiger partial charge on any atom is 0.387 e. The second-order valence-corrected chi connectivity index (χ2v) is 8.72. The lowest BCUT2D eigenvalue weighted by Crippen LogP contribution is -2.38. The molecule has 0 saturated carbocycles. The zero-order valence-corrected chi connectivity index (χ0v) is 17.2. The summed E-state index contributed by atoms with van der Waals surface area (Å²) in [6.07, 6.45) is 3.35. The molecule has 3 N–H and O–H groups in total. The predicted octanol–water partition coefficient (Wildman–Crippen LogP) is 2.27. The van der Waals surface area contributed by atoms with Gasteiger partial charge >= 0.3 is 6.61 Å². The minimum atomic E-state index is -2.99. The number of pyridine rings is 2. The van der Waals surface area contributed by atoms with Gasteiger partial charge in [0.2, 0.25) is 0 Å². The average molecular weight is 433 g/mol. The minimum Gasteiger partial charge on any atom is -0.431 e.